The van der Waals surface area contributed by atoms with Gasteiger partial charge in [-0.05, 0) is 63.7 Å². The van der Waals surface area contributed by atoms with E-state index in [2.05, 4.69) is 20.8 Å². The van der Waals surface area contributed by atoms with E-state index in [1.807, 2.05) is 13.8 Å². The summed E-state index contributed by atoms with van der Waals surface area (Å²) in [4.78, 5) is 24.8. The minimum atomic E-state index is -1.27. The first kappa shape index (κ1) is 23.2. The zero-order valence-electron chi connectivity index (χ0n) is 21.1. The Kier molecular flexibility index (Phi) is 4.47. The molecule has 2 bridgehead atoms. The van der Waals surface area contributed by atoms with Gasteiger partial charge in [0.15, 0.2) is 0 Å². The number of hydrogen-bond donors (Lipinski definition) is 1. The number of carbonyl (C=O) groups excluding carboxylic acids is 2. The largest absolute Gasteiger partial charge is 0.465 e. The van der Waals surface area contributed by atoms with Gasteiger partial charge in [0.1, 0.15) is 6.10 Å². The third kappa shape index (κ3) is 2.80. The standard InChI is InChI=1S/C26H38O8/c1-14-9-16(10-21(3,4)29)24(8-7-17(27)30-13-24)12-25(14)11-22(5)15(2)18-19-23(6,32-20(18)28)33-26(22,31-19)34-25/h14-16,18-19,29H,7-13H2,1-6H3/t14-,15-,16-,18?,19-,22-,23+,24+,25-,26-/m0/s1. The van der Waals surface area contributed by atoms with Gasteiger partial charge in [-0.25, -0.2) is 0 Å². The second-order valence-electron chi connectivity index (χ2n) is 13.3. The van der Waals surface area contributed by atoms with Gasteiger partial charge in [0.25, 0.3) is 5.97 Å². The summed E-state index contributed by atoms with van der Waals surface area (Å²) in [5.41, 5.74) is -2.18. The Bertz CT molecular complexity index is 932. The SMILES string of the molecule is C[C@H]1C[C@@H](CC(C)(C)O)[C@]2(CCC(=O)OC2)C[C@@]12C[C@@]1(C)[C@@H](C)C3C(=O)O[C@]4(C)O[C@]1(O[C@@H]34)O2. The van der Waals surface area contributed by atoms with Crippen LogP contribution in [0.4, 0.5) is 0 Å². The second-order valence-corrected chi connectivity index (χ2v) is 13.3. The van der Waals surface area contributed by atoms with Crippen LogP contribution in [-0.4, -0.2) is 52.7 Å². The summed E-state index contributed by atoms with van der Waals surface area (Å²) in [6, 6.07) is 0. The fourth-order valence-corrected chi connectivity index (χ4v) is 8.50. The van der Waals surface area contributed by atoms with Crippen molar-refractivity contribution in [2.24, 2.45) is 34.5 Å². The van der Waals surface area contributed by atoms with Gasteiger partial charge in [-0.1, -0.05) is 20.8 Å². The zero-order valence-corrected chi connectivity index (χ0v) is 21.1. The molecule has 0 aromatic carbocycles. The molecule has 1 aliphatic carbocycles. The summed E-state index contributed by atoms with van der Waals surface area (Å²) in [5.74, 6) is -2.88. The second kappa shape index (κ2) is 6.55. The quantitative estimate of drug-likeness (QED) is 0.604. The van der Waals surface area contributed by atoms with Gasteiger partial charge in [-0.15, -0.1) is 0 Å². The minimum absolute atomic E-state index is 0.0381. The summed E-state index contributed by atoms with van der Waals surface area (Å²) in [7, 11) is 0. The zero-order chi connectivity index (χ0) is 24.5. The van der Waals surface area contributed by atoms with E-state index < -0.39 is 34.5 Å². The molecule has 8 nitrogen and oxygen atoms in total. The molecule has 190 valence electrons. The average Bonchev–Trinajstić information content (AvgIpc) is 3.21. The molecule has 5 aliphatic heterocycles. The smallest absolute Gasteiger partial charge is 0.314 e. The van der Waals surface area contributed by atoms with Crippen molar-refractivity contribution in [3.8, 4) is 0 Å². The predicted octanol–water partition coefficient (Wildman–Crippen LogP) is 3.29. The van der Waals surface area contributed by atoms with Gasteiger partial charge in [-0.3, -0.25) is 14.3 Å². The number of rotatable bonds is 2. The van der Waals surface area contributed by atoms with Crippen LogP contribution in [-0.2, 0) is 33.3 Å². The molecule has 6 aliphatic rings. The molecule has 0 amide bonds. The fourth-order valence-electron chi connectivity index (χ4n) is 8.50. The Morgan fingerprint density at radius 1 is 1.12 bits per heavy atom. The van der Waals surface area contributed by atoms with Crippen LogP contribution in [0.25, 0.3) is 0 Å². The van der Waals surface area contributed by atoms with Crippen LogP contribution in [0.2, 0.25) is 0 Å². The maximum absolute atomic E-state index is 12.8. The van der Waals surface area contributed by atoms with Crippen molar-refractivity contribution in [1.29, 1.82) is 0 Å². The van der Waals surface area contributed by atoms with Crippen molar-refractivity contribution in [2.75, 3.05) is 6.61 Å². The van der Waals surface area contributed by atoms with E-state index in [9.17, 15) is 14.7 Å². The van der Waals surface area contributed by atoms with E-state index in [0.29, 0.717) is 32.3 Å². The molecular formula is C26H38O8. The molecule has 3 spiro atoms. The topological polar surface area (TPSA) is 101 Å². The molecule has 6 rings (SSSR count). The highest BCUT2D eigenvalue weighted by atomic mass is 17.0. The number of cyclic esters (lactones) is 1. The number of ether oxygens (including phenoxy) is 5. The lowest BCUT2D eigenvalue weighted by Crippen LogP contribution is -2.57. The fraction of sp³-hybridized carbons (Fsp3) is 0.923. The van der Waals surface area contributed by atoms with Gasteiger partial charge in [0.05, 0.1) is 29.1 Å². The normalized spacial score (nSPS) is 56.0. The average molecular weight is 479 g/mol. The minimum Gasteiger partial charge on any atom is -0.465 e. The highest BCUT2D eigenvalue weighted by Gasteiger charge is 2.83. The maximum Gasteiger partial charge on any atom is 0.314 e. The van der Waals surface area contributed by atoms with Gasteiger partial charge in [-0.2, -0.15) is 0 Å². The number of aliphatic hydroxyl groups is 1. The van der Waals surface area contributed by atoms with Gasteiger partial charge < -0.3 is 24.1 Å². The van der Waals surface area contributed by atoms with Crippen LogP contribution in [0.5, 0.6) is 0 Å². The molecule has 8 heteroatoms. The van der Waals surface area contributed by atoms with Crippen LogP contribution in [0, 0.1) is 34.5 Å². The van der Waals surface area contributed by atoms with Crippen LogP contribution >= 0.6 is 0 Å². The summed E-state index contributed by atoms with van der Waals surface area (Å²) in [6.07, 6.45) is 3.50. The first-order valence-corrected chi connectivity index (χ1v) is 12.9. The maximum atomic E-state index is 12.8. The van der Waals surface area contributed by atoms with Crippen molar-refractivity contribution in [3.63, 3.8) is 0 Å². The third-order valence-corrected chi connectivity index (χ3v) is 10.4. The van der Waals surface area contributed by atoms with Crippen molar-refractivity contribution < 1.29 is 38.4 Å². The summed E-state index contributed by atoms with van der Waals surface area (Å²) >= 11 is 0. The highest BCUT2D eigenvalue weighted by Crippen LogP contribution is 2.73. The monoisotopic (exact) mass is 478 g/mol. The van der Waals surface area contributed by atoms with Crippen LogP contribution in [0.3, 0.4) is 0 Å². The molecule has 5 heterocycles. The molecule has 1 saturated carbocycles. The molecule has 1 unspecified atom stereocenters. The molecule has 5 saturated heterocycles. The highest BCUT2D eigenvalue weighted by molar-refractivity contribution is 5.77. The Balaban J connectivity index is 1.39. The van der Waals surface area contributed by atoms with E-state index >= 15 is 0 Å². The molecule has 0 radical (unpaired) electrons. The first-order valence-electron chi connectivity index (χ1n) is 12.9. The van der Waals surface area contributed by atoms with Crippen LogP contribution < -0.4 is 0 Å². The van der Waals surface area contributed by atoms with E-state index in [1.54, 1.807) is 6.92 Å². The summed E-state index contributed by atoms with van der Waals surface area (Å²) in [5, 5.41) is 10.7. The first-order chi connectivity index (χ1) is 15.7. The number of hydrogen-bond acceptors (Lipinski definition) is 8. The molecule has 10 atom stereocenters. The van der Waals surface area contributed by atoms with Crippen LogP contribution in [0.1, 0.15) is 80.1 Å². The lowest BCUT2D eigenvalue weighted by atomic mass is 9.52. The predicted molar refractivity (Wildman–Crippen MR) is 118 cm³/mol. The number of esters is 2. The van der Waals surface area contributed by atoms with Crippen LogP contribution in [0.15, 0.2) is 0 Å². The lowest BCUT2D eigenvalue weighted by Gasteiger charge is -2.55. The van der Waals surface area contributed by atoms with Crippen molar-refractivity contribution in [2.45, 2.75) is 109 Å². The lowest BCUT2D eigenvalue weighted by molar-refractivity contribution is -0.426. The van der Waals surface area contributed by atoms with E-state index in [-0.39, 0.29) is 41.0 Å². The van der Waals surface area contributed by atoms with Crippen molar-refractivity contribution >= 4 is 11.9 Å². The van der Waals surface area contributed by atoms with Crippen molar-refractivity contribution in [3.05, 3.63) is 0 Å². The molecule has 0 aromatic rings. The third-order valence-electron chi connectivity index (χ3n) is 10.4. The Morgan fingerprint density at radius 2 is 1.85 bits per heavy atom. The van der Waals surface area contributed by atoms with Gasteiger partial charge >= 0.3 is 11.9 Å². The van der Waals surface area contributed by atoms with Crippen molar-refractivity contribution in [1.82, 2.24) is 0 Å². The van der Waals surface area contributed by atoms with E-state index in [4.69, 9.17) is 23.7 Å². The molecular weight excluding hydrogens is 440 g/mol. The van der Waals surface area contributed by atoms with E-state index in [1.165, 1.54) is 0 Å². The molecule has 1 N–H and O–H groups in total. The Labute approximate surface area is 201 Å². The van der Waals surface area contributed by atoms with Gasteiger partial charge in [0, 0.05) is 18.8 Å². The molecule has 6 fully saturated rings. The molecule has 34 heavy (non-hydrogen) atoms. The van der Waals surface area contributed by atoms with E-state index in [0.717, 1.165) is 12.8 Å². The summed E-state index contributed by atoms with van der Waals surface area (Å²) < 4.78 is 31.3. The molecule has 0 aromatic heterocycles. The van der Waals surface area contributed by atoms with Gasteiger partial charge in [0.2, 0.25) is 5.79 Å². The Morgan fingerprint density at radius 3 is 2.50 bits per heavy atom. The summed E-state index contributed by atoms with van der Waals surface area (Å²) in [6.45, 7) is 12.3. The number of carbonyl (C=O) groups is 2. The Hall–Kier alpha value is -1.22.